The molecule has 0 saturated carbocycles. The summed E-state index contributed by atoms with van der Waals surface area (Å²) in [6.45, 7) is 0. The fourth-order valence-corrected chi connectivity index (χ4v) is 1.70. The van der Waals surface area contributed by atoms with Crippen molar-refractivity contribution in [2.24, 2.45) is 0 Å². The molecule has 2 aromatic rings. The van der Waals surface area contributed by atoms with Crippen molar-refractivity contribution in [1.29, 1.82) is 0 Å². The van der Waals surface area contributed by atoms with Crippen molar-refractivity contribution in [3.8, 4) is 11.6 Å². The summed E-state index contributed by atoms with van der Waals surface area (Å²) in [5.74, 6) is 1.15. The van der Waals surface area contributed by atoms with E-state index in [0.717, 1.165) is 3.57 Å². The highest BCUT2D eigenvalue weighted by molar-refractivity contribution is 14.1. The normalized spacial score (nSPS) is 10.1. The van der Waals surface area contributed by atoms with Gasteiger partial charge in [-0.15, -0.1) is 0 Å². The Morgan fingerprint density at radius 1 is 1.25 bits per heavy atom. The highest BCUT2D eigenvalue weighted by Crippen LogP contribution is 2.31. The quantitative estimate of drug-likeness (QED) is 0.848. The Labute approximate surface area is 111 Å². The smallest absolute Gasteiger partial charge is 0.243 e. The van der Waals surface area contributed by atoms with Crippen molar-refractivity contribution < 1.29 is 4.74 Å². The van der Waals surface area contributed by atoms with Gasteiger partial charge in [-0.1, -0.05) is 23.7 Å². The standard InChI is InChI=1S/C10H7ClIN3O/c11-8-9(13)14-5-15-10(8)16-7-4-2-1-3-6(7)12/h1-5H,(H2,13,14,15). The van der Waals surface area contributed by atoms with Crippen molar-refractivity contribution >= 4 is 40.0 Å². The van der Waals surface area contributed by atoms with Crippen LogP contribution in [0.15, 0.2) is 30.6 Å². The highest BCUT2D eigenvalue weighted by atomic mass is 127. The third-order valence-electron chi connectivity index (χ3n) is 1.83. The number of hydrogen-bond donors (Lipinski definition) is 1. The second kappa shape index (κ2) is 4.84. The van der Waals surface area contributed by atoms with E-state index in [0.29, 0.717) is 5.75 Å². The van der Waals surface area contributed by atoms with E-state index in [1.807, 2.05) is 24.3 Å². The first kappa shape index (κ1) is 11.4. The minimum atomic E-state index is 0.206. The van der Waals surface area contributed by atoms with E-state index in [-0.39, 0.29) is 16.7 Å². The zero-order chi connectivity index (χ0) is 11.5. The minimum absolute atomic E-state index is 0.206. The molecule has 0 radical (unpaired) electrons. The number of rotatable bonds is 2. The molecule has 0 spiro atoms. The molecule has 0 amide bonds. The maximum absolute atomic E-state index is 5.92. The molecule has 0 atom stereocenters. The molecule has 0 aliphatic carbocycles. The molecular weight excluding hydrogens is 340 g/mol. The van der Waals surface area contributed by atoms with E-state index in [9.17, 15) is 0 Å². The summed E-state index contributed by atoms with van der Waals surface area (Å²) in [5, 5.41) is 0.224. The number of hydrogen-bond acceptors (Lipinski definition) is 4. The predicted molar refractivity (Wildman–Crippen MR) is 70.7 cm³/mol. The van der Waals surface area contributed by atoms with Gasteiger partial charge in [-0.3, -0.25) is 0 Å². The van der Waals surface area contributed by atoms with Crippen LogP contribution in [0, 0.1) is 3.57 Å². The van der Waals surface area contributed by atoms with Crippen molar-refractivity contribution in [3.63, 3.8) is 0 Å². The number of nitrogens with two attached hydrogens (primary N) is 1. The molecule has 1 heterocycles. The molecule has 4 nitrogen and oxygen atoms in total. The van der Waals surface area contributed by atoms with E-state index in [2.05, 4.69) is 32.6 Å². The third kappa shape index (κ3) is 2.35. The lowest BCUT2D eigenvalue weighted by molar-refractivity contribution is 0.459. The van der Waals surface area contributed by atoms with E-state index < -0.39 is 0 Å². The summed E-state index contributed by atoms with van der Waals surface area (Å²) in [4.78, 5) is 7.68. The van der Waals surface area contributed by atoms with Crippen LogP contribution in [0.1, 0.15) is 0 Å². The number of anilines is 1. The topological polar surface area (TPSA) is 61.0 Å². The number of nitrogen functional groups attached to an aromatic ring is 1. The van der Waals surface area contributed by atoms with Gasteiger partial charge in [0.25, 0.3) is 0 Å². The summed E-state index contributed by atoms with van der Waals surface area (Å²) >= 11 is 8.08. The largest absolute Gasteiger partial charge is 0.436 e. The van der Waals surface area contributed by atoms with Gasteiger partial charge in [0, 0.05) is 0 Å². The maximum Gasteiger partial charge on any atom is 0.243 e. The molecule has 0 aliphatic rings. The number of aromatic nitrogens is 2. The Morgan fingerprint density at radius 3 is 2.75 bits per heavy atom. The van der Waals surface area contributed by atoms with Gasteiger partial charge in [-0.25, -0.2) is 4.98 Å². The summed E-state index contributed by atoms with van der Waals surface area (Å²) in [6.07, 6.45) is 1.31. The van der Waals surface area contributed by atoms with Gasteiger partial charge in [-0.05, 0) is 34.7 Å². The lowest BCUT2D eigenvalue weighted by atomic mass is 10.3. The van der Waals surface area contributed by atoms with Crippen LogP contribution in [0.2, 0.25) is 5.02 Å². The zero-order valence-corrected chi connectivity index (χ0v) is 10.9. The number of ether oxygens (including phenoxy) is 1. The summed E-state index contributed by atoms with van der Waals surface area (Å²) in [5.41, 5.74) is 5.55. The van der Waals surface area contributed by atoms with Gasteiger partial charge in [-0.2, -0.15) is 4.98 Å². The Balaban J connectivity index is 2.35. The molecule has 0 unspecified atom stereocenters. The average molecular weight is 348 g/mol. The molecule has 1 aromatic carbocycles. The molecule has 16 heavy (non-hydrogen) atoms. The molecule has 0 fully saturated rings. The molecule has 0 aliphatic heterocycles. The van der Waals surface area contributed by atoms with Crippen LogP contribution in [0.5, 0.6) is 11.6 Å². The van der Waals surface area contributed by atoms with Crippen molar-refractivity contribution in [2.75, 3.05) is 5.73 Å². The summed E-state index contributed by atoms with van der Waals surface area (Å²) < 4.78 is 6.52. The van der Waals surface area contributed by atoms with Gasteiger partial charge >= 0.3 is 0 Å². The fraction of sp³-hybridized carbons (Fsp3) is 0. The molecule has 1 aromatic heterocycles. The number of benzene rings is 1. The maximum atomic E-state index is 5.92. The third-order valence-corrected chi connectivity index (χ3v) is 3.07. The molecule has 0 saturated heterocycles. The Morgan fingerprint density at radius 2 is 2.00 bits per heavy atom. The van der Waals surface area contributed by atoms with E-state index in [1.54, 1.807) is 0 Å². The van der Waals surface area contributed by atoms with Gasteiger partial charge in [0.05, 0.1) is 3.57 Å². The van der Waals surface area contributed by atoms with Gasteiger partial charge in [0.1, 0.15) is 22.9 Å². The fourth-order valence-electron chi connectivity index (χ4n) is 1.07. The summed E-state index contributed by atoms with van der Waals surface area (Å²) in [6, 6.07) is 7.55. The highest BCUT2D eigenvalue weighted by Gasteiger charge is 2.10. The van der Waals surface area contributed by atoms with Crippen molar-refractivity contribution in [3.05, 3.63) is 39.2 Å². The lowest BCUT2D eigenvalue weighted by Crippen LogP contribution is -1.97. The second-order valence-corrected chi connectivity index (χ2v) is 4.45. The van der Waals surface area contributed by atoms with Crippen LogP contribution in [0.25, 0.3) is 0 Å². The first-order chi connectivity index (χ1) is 7.68. The first-order valence-electron chi connectivity index (χ1n) is 4.37. The number of halogens is 2. The van der Waals surface area contributed by atoms with Crippen LogP contribution in [-0.4, -0.2) is 9.97 Å². The number of para-hydroxylation sites is 1. The SMILES string of the molecule is Nc1ncnc(Oc2ccccc2I)c1Cl. The van der Waals surface area contributed by atoms with Crippen LogP contribution < -0.4 is 10.5 Å². The van der Waals surface area contributed by atoms with Crippen LogP contribution >= 0.6 is 34.2 Å². The Hall–Kier alpha value is -1.08. The molecule has 2 rings (SSSR count). The monoisotopic (exact) mass is 347 g/mol. The van der Waals surface area contributed by atoms with Gasteiger partial charge in [0.2, 0.25) is 5.88 Å². The lowest BCUT2D eigenvalue weighted by Gasteiger charge is -2.08. The van der Waals surface area contributed by atoms with Crippen LogP contribution in [0.3, 0.4) is 0 Å². The van der Waals surface area contributed by atoms with E-state index in [1.165, 1.54) is 6.33 Å². The molecule has 6 heteroatoms. The predicted octanol–water partition coefficient (Wildman–Crippen LogP) is 3.11. The average Bonchev–Trinajstić information content (AvgIpc) is 2.28. The number of nitrogens with zero attached hydrogens (tertiary/aromatic N) is 2. The van der Waals surface area contributed by atoms with Gasteiger partial charge in [0.15, 0.2) is 0 Å². The van der Waals surface area contributed by atoms with Crippen molar-refractivity contribution in [1.82, 2.24) is 9.97 Å². The first-order valence-corrected chi connectivity index (χ1v) is 5.82. The second-order valence-electron chi connectivity index (χ2n) is 2.91. The molecule has 2 N–H and O–H groups in total. The van der Waals surface area contributed by atoms with E-state index in [4.69, 9.17) is 22.1 Å². The zero-order valence-electron chi connectivity index (χ0n) is 8.02. The summed E-state index contributed by atoms with van der Waals surface area (Å²) in [7, 11) is 0. The Bertz CT molecular complexity index is 521. The minimum Gasteiger partial charge on any atom is -0.436 e. The van der Waals surface area contributed by atoms with Crippen LogP contribution in [0.4, 0.5) is 5.82 Å². The van der Waals surface area contributed by atoms with E-state index >= 15 is 0 Å². The molecule has 0 bridgehead atoms. The van der Waals surface area contributed by atoms with Crippen LogP contribution in [-0.2, 0) is 0 Å². The van der Waals surface area contributed by atoms with Gasteiger partial charge < -0.3 is 10.5 Å². The van der Waals surface area contributed by atoms with Crippen molar-refractivity contribution in [2.45, 2.75) is 0 Å². The Kier molecular flexibility index (Phi) is 3.45. The molecule has 82 valence electrons. The molecular formula is C10H7ClIN3O.